The topological polar surface area (TPSA) is 66.9 Å². The molecule has 0 fully saturated rings. The van der Waals surface area contributed by atoms with Crippen LogP contribution in [0, 0.1) is 0 Å². The first-order valence-electron chi connectivity index (χ1n) is 6.33. The molecule has 1 heterocycles. The summed E-state index contributed by atoms with van der Waals surface area (Å²) in [7, 11) is 0. The monoisotopic (exact) mass is 334 g/mol. The summed E-state index contributed by atoms with van der Waals surface area (Å²) >= 11 is 3.35. The zero-order valence-corrected chi connectivity index (χ0v) is 12.6. The summed E-state index contributed by atoms with van der Waals surface area (Å²) < 4.78 is 0.903. The van der Waals surface area contributed by atoms with E-state index in [1.54, 1.807) is 12.1 Å². The number of nitrogens with zero attached hydrogens (tertiary/aromatic N) is 2. The normalized spacial score (nSPS) is 10.1. The molecule has 0 bridgehead atoms. The van der Waals surface area contributed by atoms with Crippen LogP contribution in [0.25, 0.3) is 0 Å². The lowest BCUT2D eigenvalue weighted by atomic mass is 10.3. The summed E-state index contributed by atoms with van der Waals surface area (Å²) in [6.07, 6.45) is 1.01. The average molecular weight is 335 g/mol. The highest BCUT2D eigenvalue weighted by atomic mass is 79.9. The number of aromatic nitrogens is 2. The number of hydrogen-bond donors (Lipinski definition) is 2. The van der Waals surface area contributed by atoms with Gasteiger partial charge in [-0.05, 0) is 36.8 Å². The number of halogens is 1. The Hall–Kier alpha value is -1.95. The molecule has 1 amide bonds. The second-order valence-electron chi connectivity index (χ2n) is 4.20. The minimum atomic E-state index is -0.280. The molecule has 0 atom stereocenters. The number of hydrogen-bond acceptors (Lipinski definition) is 4. The van der Waals surface area contributed by atoms with Crippen molar-refractivity contribution in [2.24, 2.45) is 0 Å². The summed E-state index contributed by atoms with van der Waals surface area (Å²) in [5.74, 6) is 0.392. The Morgan fingerprint density at radius 1 is 1.25 bits per heavy atom. The van der Waals surface area contributed by atoms with Crippen molar-refractivity contribution in [3.63, 3.8) is 0 Å². The molecular formula is C14H15BrN4O. The minimum Gasteiger partial charge on any atom is -0.369 e. The Morgan fingerprint density at radius 2 is 2.10 bits per heavy atom. The van der Waals surface area contributed by atoms with Crippen LogP contribution in [-0.2, 0) is 0 Å². The van der Waals surface area contributed by atoms with Crippen molar-refractivity contribution in [1.29, 1.82) is 0 Å². The van der Waals surface area contributed by atoms with E-state index in [-0.39, 0.29) is 11.6 Å². The van der Waals surface area contributed by atoms with E-state index in [1.807, 2.05) is 24.3 Å². The summed E-state index contributed by atoms with van der Waals surface area (Å²) in [6, 6.07) is 10.8. The fourth-order valence-corrected chi connectivity index (χ4v) is 1.96. The highest BCUT2D eigenvalue weighted by molar-refractivity contribution is 9.10. The molecule has 0 aliphatic rings. The van der Waals surface area contributed by atoms with Gasteiger partial charge in [0.1, 0.15) is 5.82 Å². The molecule has 0 radical (unpaired) electrons. The SMILES string of the molecule is CCCNc1ccc(C(=O)Nc2cccc(Br)c2)nn1. The lowest BCUT2D eigenvalue weighted by molar-refractivity contribution is 0.102. The van der Waals surface area contributed by atoms with Gasteiger partial charge in [0.05, 0.1) is 0 Å². The van der Waals surface area contributed by atoms with Gasteiger partial charge in [-0.3, -0.25) is 4.79 Å². The van der Waals surface area contributed by atoms with Gasteiger partial charge in [0, 0.05) is 16.7 Å². The summed E-state index contributed by atoms with van der Waals surface area (Å²) in [5.41, 5.74) is 0.992. The molecule has 2 aromatic rings. The van der Waals surface area contributed by atoms with Crippen LogP contribution in [0.5, 0.6) is 0 Å². The lowest BCUT2D eigenvalue weighted by Crippen LogP contribution is -2.15. The highest BCUT2D eigenvalue weighted by Crippen LogP contribution is 2.16. The number of amides is 1. The second kappa shape index (κ2) is 7.00. The van der Waals surface area contributed by atoms with Gasteiger partial charge >= 0.3 is 0 Å². The molecule has 0 aliphatic heterocycles. The molecule has 0 spiro atoms. The minimum absolute atomic E-state index is 0.280. The molecule has 104 valence electrons. The van der Waals surface area contributed by atoms with Crippen molar-refractivity contribution in [2.75, 3.05) is 17.2 Å². The molecule has 20 heavy (non-hydrogen) atoms. The van der Waals surface area contributed by atoms with Crippen LogP contribution in [0.2, 0.25) is 0 Å². The van der Waals surface area contributed by atoms with Crippen LogP contribution in [0.3, 0.4) is 0 Å². The summed E-state index contributed by atoms with van der Waals surface area (Å²) in [6.45, 7) is 2.90. The van der Waals surface area contributed by atoms with Crippen LogP contribution in [0.15, 0.2) is 40.9 Å². The van der Waals surface area contributed by atoms with Crippen LogP contribution < -0.4 is 10.6 Å². The molecule has 2 rings (SSSR count). The predicted molar refractivity (Wildman–Crippen MR) is 82.9 cm³/mol. The number of carbonyl (C=O) groups is 1. The Kier molecular flexibility index (Phi) is 5.06. The lowest BCUT2D eigenvalue weighted by Gasteiger charge is -2.06. The van der Waals surface area contributed by atoms with Crippen LogP contribution in [0.1, 0.15) is 23.8 Å². The first-order valence-corrected chi connectivity index (χ1v) is 7.13. The zero-order chi connectivity index (χ0) is 14.4. The van der Waals surface area contributed by atoms with E-state index >= 15 is 0 Å². The van der Waals surface area contributed by atoms with E-state index in [2.05, 4.69) is 43.7 Å². The van der Waals surface area contributed by atoms with Gasteiger partial charge in [-0.1, -0.05) is 28.9 Å². The summed E-state index contributed by atoms with van der Waals surface area (Å²) in [5, 5.41) is 13.8. The molecular weight excluding hydrogens is 320 g/mol. The summed E-state index contributed by atoms with van der Waals surface area (Å²) in [4.78, 5) is 12.0. The molecule has 2 N–H and O–H groups in total. The molecule has 5 nitrogen and oxygen atoms in total. The maximum absolute atomic E-state index is 12.0. The largest absolute Gasteiger partial charge is 0.369 e. The van der Waals surface area contributed by atoms with Crippen molar-refractivity contribution in [2.45, 2.75) is 13.3 Å². The predicted octanol–water partition coefficient (Wildman–Crippen LogP) is 3.31. The van der Waals surface area contributed by atoms with E-state index in [4.69, 9.17) is 0 Å². The molecule has 0 unspecified atom stereocenters. The standard InChI is InChI=1S/C14H15BrN4O/c1-2-8-16-13-7-6-12(18-19-13)14(20)17-11-5-3-4-10(15)9-11/h3-7,9H,2,8H2,1H3,(H,16,19)(H,17,20). The first-order chi connectivity index (χ1) is 9.69. The van der Waals surface area contributed by atoms with Crippen molar-refractivity contribution < 1.29 is 4.79 Å². The third-order valence-corrected chi connectivity index (χ3v) is 3.03. The number of benzene rings is 1. The Bertz CT molecular complexity index is 586. The van der Waals surface area contributed by atoms with Gasteiger partial charge in [-0.25, -0.2) is 0 Å². The molecule has 0 saturated heterocycles. The number of rotatable bonds is 5. The molecule has 1 aromatic heterocycles. The maximum atomic E-state index is 12.0. The van der Waals surface area contributed by atoms with E-state index < -0.39 is 0 Å². The van der Waals surface area contributed by atoms with E-state index in [0.29, 0.717) is 11.5 Å². The van der Waals surface area contributed by atoms with Gasteiger partial charge < -0.3 is 10.6 Å². The molecule has 1 aromatic carbocycles. The van der Waals surface area contributed by atoms with E-state index in [1.165, 1.54) is 0 Å². The third kappa shape index (κ3) is 4.03. The molecule has 6 heteroatoms. The van der Waals surface area contributed by atoms with E-state index in [0.717, 1.165) is 17.4 Å². The fraction of sp³-hybridized carbons (Fsp3) is 0.214. The van der Waals surface area contributed by atoms with Crippen molar-refractivity contribution in [1.82, 2.24) is 10.2 Å². The quantitative estimate of drug-likeness (QED) is 0.880. The first kappa shape index (κ1) is 14.5. The van der Waals surface area contributed by atoms with Gasteiger partial charge in [-0.15, -0.1) is 10.2 Å². The van der Waals surface area contributed by atoms with Gasteiger partial charge in [0.2, 0.25) is 0 Å². The maximum Gasteiger partial charge on any atom is 0.276 e. The Labute approximate surface area is 125 Å². The van der Waals surface area contributed by atoms with Gasteiger partial charge in [0.15, 0.2) is 5.69 Å². The van der Waals surface area contributed by atoms with Gasteiger partial charge in [-0.2, -0.15) is 0 Å². The van der Waals surface area contributed by atoms with Gasteiger partial charge in [0.25, 0.3) is 5.91 Å². The number of nitrogens with one attached hydrogen (secondary N) is 2. The van der Waals surface area contributed by atoms with Crippen molar-refractivity contribution in [3.05, 3.63) is 46.6 Å². The Balaban J connectivity index is 2.02. The second-order valence-corrected chi connectivity index (χ2v) is 5.11. The fourth-order valence-electron chi connectivity index (χ4n) is 1.56. The molecule has 0 aliphatic carbocycles. The third-order valence-electron chi connectivity index (χ3n) is 2.54. The Morgan fingerprint density at radius 3 is 2.75 bits per heavy atom. The van der Waals surface area contributed by atoms with Crippen LogP contribution in [-0.4, -0.2) is 22.6 Å². The van der Waals surface area contributed by atoms with Crippen molar-refractivity contribution >= 4 is 33.3 Å². The van der Waals surface area contributed by atoms with Crippen LogP contribution >= 0.6 is 15.9 Å². The average Bonchev–Trinajstić information content (AvgIpc) is 2.45. The number of anilines is 2. The number of carbonyl (C=O) groups excluding carboxylic acids is 1. The highest BCUT2D eigenvalue weighted by Gasteiger charge is 2.08. The smallest absolute Gasteiger partial charge is 0.276 e. The van der Waals surface area contributed by atoms with Crippen LogP contribution in [0.4, 0.5) is 11.5 Å². The van der Waals surface area contributed by atoms with E-state index in [9.17, 15) is 4.79 Å². The zero-order valence-electron chi connectivity index (χ0n) is 11.1. The van der Waals surface area contributed by atoms with Crippen molar-refractivity contribution in [3.8, 4) is 0 Å². The molecule has 0 saturated carbocycles.